The molecule has 8 heteroatoms. The van der Waals surface area contributed by atoms with Crippen molar-refractivity contribution in [3.8, 4) is 11.5 Å². The number of carbonyl (C=O) groups is 1. The maximum atomic E-state index is 13.2. The van der Waals surface area contributed by atoms with Gasteiger partial charge in [-0.15, -0.1) is 0 Å². The Morgan fingerprint density at radius 3 is 1.93 bits per heavy atom. The number of carbonyl (C=O) groups excluding carboxylic acids is 1. The van der Waals surface area contributed by atoms with Gasteiger partial charge in [0.2, 0.25) is 0 Å². The highest BCUT2D eigenvalue weighted by atomic mass is 32.2. The van der Waals surface area contributed by atoms with Crippen LogP contribution in [-0.2, 0) is 19.6 Å². The summed E-state index contributed by atoms with van der Waals surface area (Å²) in [6, 6.07) is 12.7. The highest BCUT2D eigenvalue weighted by Gasteiger charge is 2.26. The molecule has 2 rings (SSSR count). The van der Waals surface area contributed by atoms with Crippen molar-refractivity contribution in [3.63, 3.8) is 0 Å². The van der Waals surface area contributed by atoms with Crippen molar-refractivity contribution in [1.82, 2.24) is 0 Å². The van der Waals surface area contributed by atoms with Crippen LogP contribution in [0.4, 0.5) is 5.69 Å². The number of ether oxygens (including phenoxy) is 3. The van der Waals surface area contributed by atoms with E-state index >= 15 is 0 Å². The molecule has 0 amide bonds. The molecule has 0 N–H and O–H groups in total. The number of anilines is 1. The lowest BCUT2D eigenvalue weighted by atomic mass is 10.3. The number of rotatable bonds is 9. The Morgan fingerprint density at radius 1 is 0.926 bits per heavy atom. The third-order valence-corrected chi connectivity index (χ3v) is 5.67. The SMILES string of the molecule is CCOC(=O)CCN(c1ccc(OC)cc1)S(=O)(=O)c1ccc(OC)cc1. The Balaban J connectivity index is 2.37. The second-order valence-corrected chi connectivity index (χ2v) is 7.37. The molecule has 0 radical (unpaired) electrons. The van der Waals surface area contributed by atoms with Crippen LogP contribution in [0.25, 0.3) is 0 Å². The van der Waals surface area contributed by atoms with E-state index in [1.807, 2.05) is 0 Å². The first kappa shape index (κ1) is 20.6. The summed E-state index contributed by atoms with van der Waals surface area (Å²) in [6.45, 7) is 1.90. The zero-order chi connectivity index (χ0) is 19.9. The predicted molar refractivity (Wildman–Crippen MR) is 102 cm³/mol. The van der Waals surface area contributed by atoms with Crippen LogP contribution in [0.5, 0.6) is 11.5 Å². The smallest absolute Gasteiger partial charge is 0.307 e. The summed E-state index contributed by atoms with van der Waals surface area (Å²) in [7, 11) is -0.844. The van der Waals surface area contributed by atoms with Crippen molar-refractivity contribution in [2.45, 2.75) is 18.2 Å². The molecule has 2 aromatic carbocycles. The summed E-state index contributed by atoms with van der Waals surface area (Å²) in [6.07, 6.45) is -0.0603. The summed E-state index contributed by atoms with van der Waals surface area (Å²) in [4.78, 5) is 11.8. The van der Waals surface area contributed by atoms with Crippen LogP contribution in [0.1, 0.15) is 13.3 Å². The van der Waals surface area contributed by atoms with Crippen LogP contribution in [0.2, 0.25) is 0 Å². The van der Waals surface area contributed by atoms with Crippen molar-refractivity contribution in [2.75, 3.05) is 31.7 Å². The average molecular weight is 393 g/mol. The molecule has 0 heterocycles. The fraction of sp³-hybridized carbons (Fsp3) is 0.316. The lowest BCUT2D eigenvalue weighted by Gasteiger charge is -2.24. The first-order valence-electron chi connectivity index (χ1n) is 8.38. The van der Waals surface area contributed by atoms with Gasteiger partial charge in [-0.25, -0.2) is 8.42 Å². The molecule has 0 atom stereocenters. The van der Waals surface area contributed by atoms with Gasteiger partial charge in [0.05, 0.1) is 37.8 Å². The second kappa shape index (κ2) is 9.27. The minimum Gasteiger partial charge on any atom is -0.497 e. The number of hydrogen-bond acceptors (Lipinski definition) is 6. The van der Waals surface area contributed by atoms with Crippen molar-refractivity contribution in [2.24, 2.45) is 0 Å². The van der Waals surface area contributed by atoms with Crippen LogP contribution in [0.3, 0.4) is 0 Å². The third-order valence-electron chi connectivity index (χ3n) is 3.83. The molecule has 0 aliphatic heterocycles. The fourth-order valence-corrected chi connectivity index (χ4v) is 3.90. The molecule has 0 spiro atoms. The van der Waals surface area contributed by atoms with E-state index in [0.717, 1.165) is 0 Å². The molecule has 2 aromatic rings. The largest absolute Gasteiger partial charge is 0.497 e. The predicted octanol–water partition coefficient (Wildman–Crippen LogP) is 2.85. The topological polar surface area (TPSA) is 82.1 Å². The summed E-state index contributed by atoms with van der Waals surface area (Å²) in [5.41, 5.74) is 0.427. The molecule has 0 saturated heterocycles. The number of benzene rings is 2. The minimum absolute atomic E-state index is 0.0421. The van der Waals surface area contributed by atoms with Gasteiger partial charge in [0.15, 0.2) is 0 Å². The molecule has 0 aromatic heterocycles. The van der Waals surface area contributed by atoms with Gasteiger partial charge in [-0.1, -0.05) is 0 Å². The van der Waals surface area contributed by atoms with Crippen molar-refractivity contribution in [1.29, 1.82) is 0 Å². The molecular weight excluding hydrogens is 370 g/mol. The highest BCUT2D eigenvalue weighted by molar-refractivity contribution is 7.92. The molecule has 27 heavy (non-hydrogen) atoms. The number of hydrogen-bond donors (Lipinski definition) is 0. The standard InChI is InChI=1S/C19H23NO6S/c1-4-26-19(21)13-14-20(15-5-7-16(24-2)8-6-15)27(22,23)18-11-9-17(25-3)10-12-18/h5-12H,4,13-14H2,1-3H3. The van der Waals surface area contributed by atoms with E-state index < -0.39 is 16.0 Å². The molecular formula is C19H23NO6S. The molecule has 0 aliphatic rings. The normalized spacial score (nSPS) is 10.9. The van der Waals surface area contributed by atoms with Crippen LogP contribution in [-0.4, -0.2) is 41.8 Å². The van der Waals surface area contributed by atoms with Gasteiger partial charge in [0.1, 0.15) is 11.5 Å². The monoisotopic (exact) mass is 393 g/mol. The van der Waals surface area contributed by atoms with Gasteiger partial charge < -0.3 is 14.2 Å². The van der Waals surface area contributed by atoms with Gasteiger partial charge in [-0.3, -0.25) is 9.10 Å². The average Bonchev–Trinajstić information content (AvgIpc) is 2.68. The Morgan fingerprint density at radius 2 is 1.44 bits per heavy atom. The van der Waals surface area contributed by atoms with Crippen LogP contribution >= 0.6 is 0 Å². The first-order chi connectivity index (χ1) is 12.9. The van der Waals surface area contributed by atoms with Gasteiger partial charge in [-0.05, 0) is 55.5 Å². The number of sulfonamides is 1. The quantitative estimate of drug-likeness (QED) is 0.610. The van der Waals surface area contributed by atoms with E-state index in [1.54, 1.807) is 43.3 Å². The van der Waals surface area contributed by atoms with Crippen molar-refractivity contribution < 1.29 is 27.4 Å². The molecule has 7 nitrogen and oxygen atoms in total. The molecule has 146 valence electrons. The van der Waals surface area contributed by atoms with Crippen molar-refractivity contribution in [3.05, 3.63) is 48.5 Å². The maximum absolute atomic E-state index is 13.2. The van der Waals surface area contributed by atoms with E-state index in [2.05, 4.69) is 0 Å². The number of methoxy groups -OCH3 is 2. The molecule has 0 fully saturated rings. The lowest BCUT2D eigenvalue weighted by Crippen LogP contribution is -2.33. The highest BCUT2D eigenvalue weighted by Crippen LogP contribution is 2.27. The van der Waals surface area contributed by atoms with E-state index in [-0.39, 0.29) is 24.5 Å². The van der Waals surface area contributed by atoms with Gasteiger partial charge in [0.25, 0.3) is 10.0 Å². The van der Waals surface area contributed by atoms with Crippen LogP contribution in [0, 0.1) is 0 Å². The first-order valence-corrected chi connectivity index (χ1v) is 9.82. The Kier molecular flexibility index (Phi) is 7.06. The zero-order valence-electron chi connectivity index (χ0n) is 15.5. The molecule has 0 saturated carbocycles. The molecule has 0 aliphatic carbocycles. The number of esters is 1. The fourth-order valence-electron chi connectivity index (χ4n) is 2.44. The summed E-state index contributed by atoms with van der Waals surface area (Å²) in [5, 5.41) is 0. The summed E-state index contributed by atoms with van der Waals surface area (Å²) < 4.78 is 42.6. The molecule has 0 unspecified atom stereocenters. The van der Waals surface area contributed by atoms with E-state index in [4.69, 9.17) is 14.2 Å². The van der Waals surface area contributed by atoms with Crippen LogP contribution < -0.4 is 13.8 Å². The maximum Gasteiger partial charge on any atom is 0.307 e. The van der Waals surface area contributed by atoms with Crippen molar-refractivity contribution >= 4 is 21.7 Å². The Labute approximate surface area is 159 Å². The second-order valence-electron chi connectivity index (χ2n) is 5.51. The van der Waals surface area contributed by atoms with Crippen LogP contribution in [0.15, 0.2) is 53.4 Å². The summed E-state index contributed by atoms with van der Waals surface area (Å²) >= 11 is 0. The Hall–Kier alpha value is -2.74. The lowest BCUT2D eigenvalue weighted by molar-refractivity contribution is -0.142. The van der Waals surface area contributed by atoms with Gasteiger partial charge in [-0.2, -0.15) is 0 Å². The zero-order valence-corrected chi connectivity index (χ0v) is 16.4. The molecule has 0 bridgehead atoms. The van der Waals surface area contributed by atoms with Gasteiger partial charge >= 0.3 is 5.97 Å². The number of nitrogens with zero attached hydrogens (tertiary/aromatic N) is 1. The van der Waals surface area contributed by atoms with Gasteiger partial charge in [0, 0.05) is 6.54 Å². The Bertz CT molecular complexity index is 847. The third kappa shape index (κ3) is 5.13. The van der Waals surface area contributed by atoms with E-state index in [0.29, 0.717) is 17.2 Å². The summed E-state index contributed by atoms with van der Waals surface area (Å²) in [5.74, 6) is 0.698. The van der Waals surface area contributed by atoms with E-state index in [9.17, 15) is 13.2 Å². The van der Waals surface area contributed by atoms with E-state index in [1.165, 1.54) is 30.7 Å². The minimum atomic E-state index is -3.88.